The van der Waals surface area contributed by atoms with Crippen molar-refractivity contribution in [1.29, 1.82) is 0 Å². The zero-order valence-electron chi connectivity index (χ0n) is 15.7. The van der Waals surface area contributed by atoms with Crippen molar-refractivity contribution in [1.82, 2.24) is 9.97 Å². The fourth-order valence-corrected chi connectivity index (χ4v) is 4.83. The summed E-state index contributed by atoms with van der Waals surface area (Å²) in [5.41, 5.74) is 4.22. The van der Waals surface area contributed by atoms with Crippen LogP contribution in [0.5, 0.6) is 0 Å². The molecule has 0 saturated carbocycles. The summed E-state index contributed by atoms with van der Waals surface area (Å²) in [4.78, 5) is 25.6. The highest BCUT2D eigenvalue weighted by molar-refractivity contribution is 7.15. The van der Waals surface area contributed by atoms with Crippen LogP contribution in [-0.2, 0) is 17.6 Å². The molecule has 1 unspecified atom stereocenters. The molecule has 138 valence electrons. The zero-order valence-corrected chi connectivity index (χ0v) is 16.5. The van der Waals surface area contributed by atoms with Crippen molar-refractivity contribution >= 4 is 22.9 Å². The quantitative estimate of drug-likeness (QED) is 0.664. The molecule has 0 radical (unpaired) electrons. The van der Waals surface area contributed by atoms with Crippen molar-refractivity contribution in [2.75, 3.05) is 11.4 Å². The number of pyridine rings is 1. The van der Waals surface area contributed by atoms with Crippen molar-refractivity contribution in [3.05, 3.63) is 64.8 Å². The van der Waals surface area contributed by atoms with Gasteiger partial charge in [0, 0.05) is 29.2 Å². The van der Waals surface area contributed by atoms with Gasteiger partial charge in [0.1, 0.15) is 5.01 Å². The van der Waals surface area contributed by atoms with Crippen LogP contribution in [0.25, 0.3) is 10.7 Å². The summed E-state index contributed by atoms with van der Waals surface area (Å²) in [6, 6.07) is 14.1. The Morgan fingerprint density at radius 2 is 2.15 bits per heavy atom. The number of hydrogen-bond donors (Lipinski definition) is 0. The van der Waals surface area contributed by atoms with Crippen LogP contribution < -0.4 is 4.90 Å². The summed E-state index contributed by atoms with van der Waals surface area (Å²) in [5.74, 6) is 0.247. The van der Waals surface area contributed by atoms with Crippen LogP contribution in [0.15, 0.2) is 48.7 Å². The highest BCUT2D eigenvalue weighted by Crippen LogP contribution is 2.35. The van der Waals surface area contributed by atoms with E-state index in [1.165, 1.54) is 10.4 Å². The first kappa shape index (κ1) is 17.9. The van der Waals surface area contributed by atoms with Gasteiger partial charge in [-0.1, -0.05) is 18.2 Å². The predicted octanol–water partition coefficient (Wildman–Crippen LogP) is 4.67. The van der Waals surface area contributed by atoms with E-state index in [0.29, 0.717) is 6.54 Å². The van der Waals surface area contributed by atoms with Crippen molar-refractivity contribution in [2.24, 2.45) is 5.92 Å². The molecule has 1 aliphatic carbocycles. The number of carbonyl (C=O) groups excluding carboxylic acids is 1. The number of aromatic nitrogens is 2. The van der Waals surface area contributed by atoms with Gasteiger partial charge in [-0.15, -0.1) is 11.3 Å². The summed E-state index contributed by atoms with van der Waals surface area (Å²) >= 11 is 1.68. The zero-order chi connectivity index (χ0) is 18.8. The van der Waals surface area contributed by atoms with E-state index < -0.39 is 0 Å². The normalized spacial score (nSPS) is 16.0. The molecule has 1 atom stereocenters. The van der Waals surface area contributed by atoms with Crippen molar-refractivity contribution in [3.63, 3.8) is 0 Å². The summed E-state index contributed by atoms with van der Waals surface area (Å²) in [7, 11) is 0. The van der Waals surface area contributed by atoms with Gasteiger partial charge >= 0.3 is 0 Å². The lowest BCUT2D eigenvalue weighted by Gasteiger charge is -2.28. The Labute approximate surface area is 163 Å². The minimum atomic E-state index is 0.0231. The molecule has 0 bridgehead atoms. The number of fused-ring (bicyclic) bond motifs is 1. The standard InChI is InChI=1S/C22H23N3OS/c1-3-25(17-8-6-7-15(2)13-17)22(26)16-10-11-18-20(14-16)27-21(24-18)19-9-4-5-12-23-19/h4-9,12-13,16H,3,10-11,14H2,1-2H3. The Bertz CT molecular complexity index is 951. The van der Waals surface area contributed by atoms with Crippen LogP contribution in [0.1, 0.15) is 29.5 Å². The van der Waals surface area contributed by atoms with E-state index in [0.717, 1.165) is 41.3 Å². The molecule has 27 heavy (non-hydrogen) atoms. The first-order valence-corrected chi connectivity index (χ1v) is 10.3. The summed E-state index contributed by atoms with van der Waals surface area (Å²) < 4.78 is 0. The average Bonchev–Trinajstić information content (AvgIpc) is 3.12. The average molecular weight is 378 g/mol. The van der Waals surface area contributed by atoms with Crippen molar-refractivity contribution in [3.8, 4) is 10.7 Å². The van der Waals surface area contributed by atoms with E-state index >= 15 is 0 Å². The molecule has 4 nitrogen and oxygen atoms in total. The smallest absolute Gasteiger partial charge is 0.230 e. The van der Waals surface area contributed by atoms with E-state index in [4.69, 9.17) is 4.98 Å². The molecule has 2 aromatic heterocycles. The lowest BCUT2D eigenvalue weighted by molar-refractivity contribution is -0.122. The van der Waals surface area contributed by atoms with E-state index in [1.807, 2.05) is 42.2 Å². The maximum atomic E-state index is 13.2. The maximum Gasteiger partial charge on any atom is 0.230 e. The fourth-order valence-electron chi connectivity index (χ4n) is 3.67. The predicted molar refractivity (Wildman–Crippen MR) is 110 cm³/mol. The fraction of sp³-hybridized carbons (Fsp3) is 0.318. The molecule has 0 fully saturated rings. The molecular weight excluding hydrogens is 354 g/mol. The lowest BCUT2D eigenvalue weighted by Crippen LogP contribution is -2.38. The van der Waals surface area contributed by atoms with Gasteiger partial charge < -0.3 is 4.90 Å². The molecular formula is C22H23N3OS. The lowest BCUT2D eigenvalue weighted by atomic mass is 9.89. The summed E-state index contributed by atoms with van der Waals surface area (Å²) in [6.07, 6.45) is 4.30. The van der Waals surface area contributed by atoms with Gasteiger partial charge in [0.15, 0.2) is 0 Å². The third-order valence-electron chi connectivity index (χ3n) is 5.07. The van der Waals surface area contributed by atoms with E-state index in [-0.39, 0.29) is 11.8 Å². The number of amides is 1. The Balaban J connectivity index is 1.55. The van der Waals surface area contributed by atoms with Gasteiger partial charge in [-0.2, -0.15) is 0 Å². The van der Waals surface area contributed by atoms with Crippen LogP contribution in [0.3, 0.4) is 0 Å². The molecule has 1 aromatic carbocycles. The van der Waals surface area contributed by atoms with Crippen LogP contribution in [0.2, 0.25) is 0 Å². The van der Waals surface area contributed by atoms with Crippen molar-refractivity contribution in [2.45, 2.75) is 33.1 Å². The van der Waals surface area contributed by atoms with Crippen LogP contribution in [0.4, 0.5) is 5.69 Å². The van der Waals surface area contributed by atoms with E-state index in [1.54, 1.807) is 17.5 Å². The Kier molecular flexibility index (Phi) is 5.03. The largest absolute Gasteiger partial charge is 0.312 e. The Morgan fingerprint density at radius 3 is 2.89 bits per heavy atom. The first-order chi connectivity index (χ1) is 13.2. The monoisotopic (exact) mass is 377 g/mol. The van der Waals surface area contributed by atoms with Gasteiger partial charge in [-0.3, -0.25) is 9.78 Å². The van der Waals surface area contributed by atoms with Crippen LogP contribution >= 0.6 is 11.3 Å². The van der Waals surface area contributed by atoms with Gasteiger partial charge in [0.25, 0.3) is 0 Å². The second-order valence-electron chi connectivity index (χ2n) is 6.97. The molecule has 2 heterocycles. The highest BCUT2D eigenvalue weighted by Gasteiger charge is 2.31. The molecule has 1 amide bonds. The molecule has 0 N–H and O–H groups in total. The minimum absolute atomic E-state index is 0.0231. The SMILES string of the molecule is CCN(C(=O)C1CCc2nc(-c3ccccn3)sc2C1)c1cccc(C)c1. The number of nitrogens with zero attached hydrogens (tertiary/aromatic N) is 3. The molecule has 1 aliphatic rings. The topological polar surface area (TPSA) is 46.1 Å². The second-order valence-corrected chi connectivity index (χ2v) is 8.05. The number of anilines is 1. The second kappa shape index (κ2) is 7.61. The maximum absolute atomic E-state index is 13.2. The van der Waals surface area contributed by atoms with E-state index in [9.17, 15) is 4.79 Å². The molecule has 3 aromatic rings. The highest BCUT2D eigenvalue weighted by atomic mass is 32.1. The number of thiazole rings is 1. The molecule has 0 spiro atoms. The minimum Gasteiger partial charge on any atom is -0.312 e. The third-order valence-corrected chi connectivity index (χ3v) is 6.21. The van der Waals surface area contributed by atoms with Gasteiger partial charge in [-0.05, 0) is 62.9 Å². The molecule has 5 heteroatoms. The number of rotatable bonds is 4. The number of hydrogen-bond acceptors (Lipinski definition) is 4. The van der Waals surface area contributed by atoms with Crippen molar-refractivity contribution < 1.29 is 4.79 Å². The third kappa shape index (κ3) is 3.65. The van der Waals surface area contributed by atoms with Crippen LogP contribution in [0, 0.1) is 12.8 Å². The molecule has 0 saturated heterocycles. The number of aryl methyl sites for hydroxylation is 2. The first-order valence-electron chi connectivity index (χ1n) is 9.43. The number of carbonyl (C=O) groups is 1. The summed E-state index contributed by atoms with van der Waals surface area (Å²) in [6.45, 7) is 4.79. The molecule has 4 rings (SSSR count). The van der Waals surface area contributed by atoms with Gasteiger partial charge in [0.05, 0.1) is 11.4 Å². The van der Waals surface area contributed by atoms with Gasteiger partial charge in [-0.25, -0.2) is 4.98 Å². The van der Waals surface area contributed by atoms with Crippen LogP contribution in [-0.4, -0.2) is 22.4 Å². The Hall–Kier alpha value is -2.53. The molecule has 0 aliphatic heterocycles. The number of benzene rings is 1. The summed E-state index contributed by atoms with van der Waals surface area (Å²) in [5, 5.41) is 0.958. The Morgan fingerprint density at radius 1 is 1.26 bits per heavy atom. The van der Waals surface area contributed by atoms with Gasteiger partial charge in [0.2, 0.25) is 5.91 Å². The van der Waals surface area contributed by atoms with E-state index in [2.05, 4.69) is 24.0 Å².